The Morgan fingerprint density at radius 1 is 1.60 bits per heavy atom. The van der Waals surface area contributed by atoms with Gasteiger partial charge in [0.2, 0.25) is 0 Å². The average Bonchev–Trinajstić information content (AvgIpc) is 2.47. The lowest BCUT2D eigenvalue weighted by Gasteiger charge is -2.32. The summed E-state index contributed by atoms with van der Waals surface area (Å²) in [6.07, 6.45) is -0.622. The van der Waals surface area contributed by atoms with Crippen LogP contribution in [0.4, 0.5) is 0 Å². The number of ketones is 1. The number of fused-ring (bicyclic) bond motifs is 2. The molecule has 0 amide bonds. The van der Waals surface area contributed by atoms with Crippen molar-refractivity contribution in [1.29, 1.82) is 0 Å². The van der Waals surface area contributed by atoms with Crippen LogP contribution < -0.4 is 0 Å². The Bertz CT molecular complexity index is 337. The van der Waals surface area contributed by atoms with E-state index in [9.17, 15) is 19.8 Å². The Hall–Kier alpha value is -1.20. The van der Waals surface area contributed by atoms with Crippen molar-refractivity contribution in [1.82, 2.24) is 0 Å². The van der Waals surface area contributed by atoms with E-state index < -0.39 is 35.5 Å². The summed E-state index contributed by atoms with van der Waals surface area (Å²) in [6.45, 7) is 3.46. The van der Waals surface area contributed by atoms with Crippen LogP contribution >= 0.6 is 0 Å². The quantitative estimate of drug-likeness (QED) is 0.461. The molecule has 0 radical (unpaired) electrons. The molecule has 1 saturated heterocycles. The Labute approximate surface area is 86.3 Å². The number of Topliss-reactive ketones (excluding diaryl/α,β-unsaturated/α-hetero) is 1. The van der Waals surface area contributed by atoms with Crippen LogP contribution in [0, 0.1) is 5.92 Å². The number of ether oxygens (including phenoxy) is 1. The molecule has 0 aromatic rings. The van der Waals surface area contributed by atoms with E-state index in [4.69, 9.17) is 4.74 Å². The molecule has 1 aliphatic carbocycles. The number of rotatable bonds is 2. The van der Waals surface area contributed by atoms with Crippen molar-refractivity contribution in [3.05, 3.63) is 12.7 Å². The summed E-state index contributed by atoms with van der Waals surface area (Å²) in [5.41, 5.74) is -1.77. The van der Waals surface area contributed by atoms with Crippen LogP contribution in [0.3, 0.4) is 0 Å². The largest absolute Gasteiger partial charge is 0.457 e. The second-order valence-corrected chi connectivity index (χ2v) is 4.00. The smallest absolute Gasteiger partial charge is 0.339 e. The topological polar surface area (TPSA) is 83.8 Å². The summed E-state index contributed by atoms with van der Waals surface area (Å²) in [4.78, 5) is 23.0. The Kier molecular flexibility index (Phi) is 2.17. The van der Waals surface area contributed by atoms with Gasteiger partial charge in [-0.15, -0.1) is 6.58 Å². The van der Waals surface area contributed by atoms with Gasteiger partial charge in [0.15, 0.2) is 11.4 Å². The van der Waals surface area contributed by atoms with Gasteiger partial charge in [0.05, 0.1) is 5.92 Å². The molecule has 0 aromatic heterocycles. The maximum Gasteiger partial charge on any atom is 0.339 e. The van der Waals surface area contributed by atoms with Gasteiger partial charge in [-0.3, -0.25) is 4.79 Å². The van der Waals surface area contributed by atoms with Crippen LogP contribution in [0.1, 0.15) is 12.8 Å². The molecule has 0 spiro atoms. The van der Waals surface area contributed by atoms with E-state index in [0.717, 1.165) is 0 Å². The van der Waals surface area contributed by atoms with Crippen LogP contribution in [0.5, 0.6) is 0 Å². The van der Waals surface area contributed by atoms with E-state index in [1.165, 1.54) is 6.08 Å². The maximum atomic E-state index is 11.6. The van der Waals surface area contributed by atoms with Gasteiger partial charge < -0.3 is 14.9 Å². The second kappa shape index (κ2) is 3.15. The highest BCUT2D eigenvalue weighted by Gasteiger charge is 2.62. The van der Waals surface area contributed by atoms with E-state index in [1.54, 1.807) is 0 Å². The van der Waals surface area contributed by atoms with Crippen LogP contribution in [-0.2, 0) is 14.3 Å². The zero-order valence-electron chi connectivity index (χ0n) is 8.05. The number of aliphatic hydroxyl groups excluding tert-OH is 1. The minimum absolute atomic E-state index is 0.0166. The lowest BCUT2D eigenvalue weighted by Crippen LogP contribution is -2.53. The first-order chi connectivity index (χ1) is 7.00. The monoisotopic (exact) mass is 212 g/mol. The summed E-state index contributed by atoms with van der Waals surface area (Å²) >= 11 is 0. The minimum Gasteiger partial charge on any atom is -0.457 e. The highest BCUT2D eigenvalue weighted by Crippen LogP contribution is 2.41. The number of carbonyl (C=O) groups is 2. The van der Waals surface area contributed by atoms with Crippen LogP contribution in [0.2, 0.25) is 0 Å². The fraction of sp³-hybridized carbons (Fsp3) is 0.600. The van der Waals surface area contributed by atoms with Crippen molar-refractivity contribution in [2.24, 2.45) is 5.92 Å². The number of carbonyl (C=O) groups excluding carboxylic acids is 2. The van der Waals surface area contributed by atoms with Gasteiger partial charge in [-0.2, -0.15) is 0 Å². The van der Waals surface area contributed by atoms with E-state index in [-0.39, 0.29) is 12.8 Å². The van der Waals surface area contributed by atoms with Crippen molar-refractivity contribution in [2.45, 2.75) is 30.7 Å². The van der Waals surface area contributed by atoms with Gasteiger partial charge in [0, 0.05) is 6.42 Å². The molecular formula is C10H12O5. The van der Waals surface area contributed by atoms with Crippen molar-refractivity contribution in [3.8, 4) is 0 Å². The third kappa shape index (κ3) is 1.23. The first-order valence-electron chi connectivity index (χ1n) is 4.77. The van der Waals surface area contributed by atoms with Crippen molar-refractivity contribution in [2.75, 3.05) is 0 Å². The number of aliphatic hydroxyl groups is 2. The van der Waals surface area contributed by atoms with E-state index in [1.807, 2.05) is 0 Å². The fourth-order valence-electron chi connectivity index (χ4n) is 2.23. The summed E-state index contributed by atoms with van der Waals surface area (Å²) in [7, 11) is 0. The standard InChI is InChI=1S/C10H12O5/c1-2-3-5-7(11)8(12)6-4-10(5,14)9(13)15-6/h2,5-6,8,12,14H,1,3-4H2/t5?,6-,8+,10-/m1/s1. The zero-order chi connectivity index (χ0) is 11.2. The molecule has 2 bridgehead atoms. The summed E-state index contributed by atoms with van der Waals surface area (Å²) in [6, 6.07) is 0. The molecule has 2 rings (SSSR count). The summed E-state index contributed by atoms with van der Waals surface area (Å²) in [5, 5.41) is 19.5. The number of allylic oxidation sites excluding steroid dienone is 1. The number of hydrogen-bond donors (Lipinski definition) is 2. The molecule has 1 aliphatic heterocycles. The molecular weight excluding hydrogens is 200 g/mol. The van der Waals surface area contributed by atoms with E-state index >= 15 is 0 Å². The van der Waals surface area contributed by atoms with Gasteiger partial charge in [0.1, 0.15) is 12.2 Å². The summed E-state index contributed by atoms with van der Waals surface area (Å²) in [5.74, 6) is -2.29. The van der Waals surface area contributed by atoms with Crippen molar-refractivity contribution < 1.29 is 24.5 Å². The Balaban J connectivity index is 2.38. The Morgan fingerprint density at radius 2 is 2.27 bits per heavy atom. The minimum atomic E-state index is -1.77. The first kappa shape index (κ1) is 10.3. The lowest BCUT2D eigenvalue weighted by molar-refractivity contribution is -0.159. The van der Waals surface area contributed by atoms with E-state index in [0.29, 0.717) is 0 Å². The highest BCUT2D eigenvalue weighted by atomic mass is 16.6. The molecule has 1 unspecified atom stereocenters. The van der Waals surface area contributed by atoms with Gasteiger partial charge in [0.25, 0.3) is 0 Å². The van der Waals surface area contributed by atoms with Gasteiger partial charge in [-0.05, 0) is 6.42 Å². The predicted octanol–water partition coefficient (Wildman–Crippen LogP) is -0.831. The molecule has 2 N–H and O–H groups in total. The van der Waals surface area contributed by atoms with Crippen molar-refractivity contribution >= 4 is 11.8 Å². The first-order valence-corrected chi connectivity index (χ1v) is 4.77. The van der Waals surface area contributed by atoms with E-state index in [2.05, 4.69) is 6.58 Å². The molecule has 2 fully saturated rings. The van der Waals surface area contributed by atoms with Crippen LogP contribution in [0.15, 0.2) is 12.7 Å². The van der Waals surface area contributed by atoms with Gasteiger partial charge in [-0.25, -0.2) is 4.79 Å². The fourth-order valence-corrected chi connectivity index (χ4v) is 2.23. The maximum absolute atomic E-state index is 11.6. The Morgan fingerprint density at radius 3 is 2.87 bits per heavy atom. The molecule has 82 valence electrons. The predicted molar refractivity (Wildman–Crippen MR) is 48.8 cm³/mol. The lowest BCUT2D eigenvalue weighted by atomic mass is 9.72. The third-order valence-electron chi connectivity index (χ3n) is 3.09. The molecule has 5 nitrogen and oxygen atoms in total. The molecule has 0 aromatic carbocycles. The molecule has 1 saturated carbocycles. The van der Waals surface area contributed by atoms with Gasteiger partial charge in [-0.1, -0.05) is 6.08 Å². The summed E-state index contributed by atoms with van der Waals surface area (Å²) < 4.78 is 4.75. The van der Waals surface area contributed by atoms with Crippen LogP contribution in [0.25, 0.3) is 0 Å². The third-order valence-corrected chi connectivity index (χ3v) is 3.09. The molecule has 5 heteroatoms. The zero-order valence-corrected chi connectivity index (χ0v) is 8.05. The average molecular weight is 212 g/mol. The molecule has 4 atom stereocenters. The van der Waals surface area contributed by atoms with Crippen LogP contribution in [-0.4, -0.2) is 39.8 Å². The van der Waals surface area contributed by atoms with Crippen molar-refractivity contribution in [3.63, 3.8) is 0 Å². The number of esters is 1. The normalized spacial score (nSPS) is 44.0. The van der Waals surface area contributed by atoms with Gasteiger partial charge >= 0.3 is 5.97 Å². The molecule has 1 heterocycles. The molecule has 2 aliphatic rings. The highest BCUT2D eigenvalue weighted by molar-refractivity contribution is 5.97. The molecule has 15 heavy (non-hydrogen) atoms. The SMILES string of the molecule is C=CCC1C(=O)[C@@H](O)[C@H]2C[C@]1(O)C(=O)O2. The number of hydrogen-bond acceptors (Lipinski definition) is 5. The second-order valence-electron chi connectivity index (χ2n) is 4.00.